The van der Waals surface area contributed by atoms with Crippen molar-refractivity contribution < 1.29 is 44.3 Å². The van der Waals surface area contributed by atoms with Crippen LogP contribution in [0.25, 0.3) is 22.3 Å². The molecule has 0 spiro atoms. The second-order valence-electron chi connectivity index (χ2n) is 11.6. The van der Waals surface area contributed by atoms with Crippen LogP contribution in [-0.2, 0) is 14.3 Å². The molecule has 5 rings (SSSR count). The number of carbonyl (C=O) groups is 3. The van der Waals surface area contributed by atoms with Crippen LogP contribution in [0.2, 0.25) is 0 Å². The number of hydrogen-bond acceptors (Lipinski definition) is 12. The fraction of sp³-hybridized carbons (Fsp3) is 0.552. The topological polar surface area (TPSA) is 229 Å². The van der Waals surface area contributed by atoms with Gasteiger partial charge in [-0.1, -0.05) is 12.8 Å². The molecule has 1 aliphatic carbocycles. The first-order chi connectivity index (χ1) is 22.0. The molecule has 0 aromatic carbocycles. The minimum absolute atomic E-state index is 0.0183. The number of aromatic nitrogens is 5. The van der Waals surface area contributed by atoms with Gasteiger partial charge in [-0.05, 0) is 24.8 Å². The highest BCUT2D eigenvalue weighted by Gasteiger charge is 2.48. The quantitative estimate of drug-likeness (QED) is 0.254. The summed E-state index contributed by atoms with van der Waals surface area (Å²) in [6, 6.07) is 3.55. The van der Waals surface area contributed by atoms with Gasteiger partial charge in [-0.25, -0.2) is 24.4 Å². The smallest absolute Gasteiger partial charge is 0.411 e. The number of aliphatic carboxylic acids is 1. The number of amides is 2. The first-order valence-corrected chi connectivity index (χ1v) is 14.8. The molecule has 2 amide bonds. The summed E-state index contributed by atoms with van der Waals surface area (Å²) in [5.41, 5.74) is 1.68. The average Bonchev–Trinajstić information content (AvgIpc) is 3.83. The van der Waals surface area contributed by atoms with Crippen LogP contribution >= 0.6 is 0 Å². The Hall–Kier alpha value is -4.63. The van der Waals surface area contributed by atoms with Crippen LogP contribution in [0.4, 0.5) is 9.59 Å². The minimum Gasteiger partial charge on any atom is -0.479 e. The van der Waals surface area contributed by atoms with Gasteiger partial charge in [-0.2, -0.15) is 10.4 Å². The van der Waals surface area contributed by atoms with E-state index in [4.69, 9.17) is 9.47 Å². The predicted octanol–water partition coefficient (Wildman–Crippen LogP) is 0.800. The van der Waals surface area contributed by atoms with Gasteiger partial charge in [0.05, 0.1) is 30.4 Å². The van der Waals surface area contributed by atoms with Gasteiger partial charge >= 0.3 is 18.1 Å². The molecular weight excluding hydrogens is 604 g/mol. The number of aliphatic hydroxyl groups excluding tert-OH is 3. The minimum atomic E-state index is -1.92. The number of ether oxygens (including phenoxy) is 2. The molecule has 1 aliphatic heterocycles. The zero-order chi connectivity index (χ0) is 33.1. The lowest BCUT2D eigenvalue weighted by Gasteiger charge is -2.38. The standard InChI is InChI=1S/C29H36N8O9/c1-34(11-12-35(2)29(44)46-27-23(40)21(38)22(39)24(45-27)26(41)42)28(43)36-10-8-18-20(31-15-32-25(18)36)17-13-33-37(14-17)19(7-9-30)16-5-3-4-6-16/h8,10,13-16,19,21-24,27,38-40H,3-7,11-12H2,1-2H3,(H,41,42)/t19-,21+,22+,23-,24+,27+/m1/s1. The molecule has 3 aromatic heterocycles. The summed E-state index contributed by atoms with van der Waals surface area (Å²) in [6.45, 7) is 0.0182. The molecule has 0 bridgehead atoms. The normalized spacial score (nSPS) is 24.0. The summed E-state index contributed by atoms with van der Waals surface area (Å²) < 4.78 is 13.2. The van der Waals surface area contributed by atoms with E-state index in [1.807, 2.05) is 10.9 Å². The van der Waals surface area contributed by atoms with Gasteiger partial charge < -0.3 is 39.7 Å². The van der Waals surface area contributed by atoms with E-state index in [2.05, 4.69) is 21.1 Å². The maximum atomic E-state index is 13.4. The van der Waals surface area contributed by atoms with Gasteiger partial charge in [0, 0.05) is 50.5 Å². The molecule has 246 valence electrons. The van der Waals surface area contributed by atoms with Gasteiger partial charge in [-0.15, -0.1) is 0 Å². The molecule has 1 saturated carbocycles. The molecule has 17 nitrogen and oxygen atoms in total. The van der Waals surface area contributed by atoms with Gasteiger partial charge in [-0.3, -0.25) is 9.25 Å². The van der Waals surface area contributed by atoms with Gasteiger partial charge in [0.1, 0.15) is 24.6 Å². The third-order valence-electron chi connectivity index (χ3n) is 8.59. The number of nitriles is 1. The molecule has 0 unspecified atom stereocenters. The molecule has 4 heterocycles. The lowest BCUT2D eigenvalue weighted by molar-refractivity contribution is -0.279. The Labute approximate surface area is 263 Å². The Morgan fingerprint density at radius 3 is 2.52 bits per heavy atom. The van der Waals surface area contributed by atoms with E-state index in [0.29, 0.717) is 29.1 Å². The molecule has 17 heteroatoms. The molecule has 2 aliphatic rings. The maximum absolute atomic E-state index is 13.4. The highest BCUT2D eigenvalue weighted by molar-refractivity contribution is 5.96. The van der Waals surface area contributed by atoms with Crippen molar-refractivity contribution in [1.29, 1.82) is 5.26 Å². The first kappa shape index (κ1) is 32.8. The number of fused-ring (bicyclic) bond motifs is 1. The second-order valence-corrected chi connectivity index (χ2v) is 11.6. The number of carboxylic acids is 1. The van der Waals surface area contributed by atoms with E-state index < -0.39 is 48.8 Å². The Morgan fingerprint density at radius 2 is 1.83 bits per heavy atom. The van der Waals surface area contributed by atoms with Crippen molar-refractivity contribution in [1.82, 2.24) is 34.1 Å². The number of nitrogens with zero attached hydrogens (tertiary/aromatic N) is 8. The van der Waals surface area contributed by atoms with Gasteiger partial charge in [0.2, 0.25) is 6.29 Å². The summed E-state index contributed by atoms with van der Waals surface area (Å²) in [4.78, 5) is 48.5. The van der Waals surface area contributed by atoms with Crippen LogP contribution < -0.4 is 0 Å². The molecule has 46 heavy (non-hydrogen) atoms. The fourth-order valence-electron chi connectivity index (χ4n) is 5.90. The van der Waals surface area contributed by atoms with Crippen LogP contribution in [0.1, 0.15) is 38.1 Å². The van der Waals surface area contributed by atoms with Crippen LogP contribution in [0.3, 0.4) is 0 Å². The number of rotatable bonds is 9. The van der Waals surface area contributed by atoms with E-state index in [9.17, 15) is 40.1 Å². The summed E-state index contributed by atoms with van der Waals surface area (Å²) in [7, 11) is 2.88. The van der Waals surface area contributed by atoms with Crippen molar-refractivity contribution in [2.75, 3.05) is 27.2 Å². The van der Waals surface area contributed by atoms with Crippen LogP contribution in [0, 0.1) is 17.2 Å². The predicted molar refractivity (Wildman–Crippen MR) is 157 cm³/mol. The fourth-order valence-corrected chi connectivity index (χ4v) is 5.90. The molecule has 3 aromatic rings. The molecule has 1 saturated heterocycles. The van der Waals surface area contributed by atoms with Crippen LogP contribution in [-0.4, -0.2) is 131 Å². The Kier molecular flexibility index (Phi) is 9.82. The Balaban J connectivity index is 1.23. The van der Waals surface area contributed by atoms with Crippen molar-refractivity contribution in [3.8, 4) is 17.3 Å². The van der Waals surface area contributed by atoms with E-state index in [1.165, 1.54) is 29.9 Å². The largest absolute Gasteiger partial charge is 0.479 e. The molecule has 6 atom stereocenters. The van der Waals surface area contributed by atoms with E-state index in [-0.39, 0.29) is 19.1 Å². The van der Waals surface area contributed by atoms with E-state index >= 15 is 0 Å². The zero-order valence-electron chi connectivity index (χ0n) is 25.3. The van der Waals surface area contributed by atoms with Gasteiger partial charge in [0.25, 0.3) is 0 Å². The number of hydrogen-bond donors (Lipinski definition) is 4. The van der Waals surface area contributed by atoms with Crippen molar-refractivity contribution in [2.24, 2.45) is 5.92 Å². The summed E-state index contributed by atoms with van der Waals surface area (Å²) in [6.07, 6.45) is 0.781. The third kappa shape index (κ3) is 6.51. The first-order valence-electron chi connectivity index (χ1n) is 14.8. The van der Waals surface area contributed by atoms with Crippen molar-refractivity contribution in [3.05, 3.63) is 31.0 Å². The molecular formula is C29H36N8O9. The maximum Gasteiger partial charge on any atom is 0.411 e. The lowest BCUT2D eigenvalue weighted by atomic mass is 9.96. The SMILES string of the molecule is CN(CCN(C)C(=O)n1ccc2c(-c3cnn([C@H](CC#N)C4CCCC4)c3)ncnc21)C(=O)O[C@@H]1O[C@H](C(=O)O)[C@@H](O)[C@H](O)[C@H]1O. The molecule has 0 radical (unpaired) electrons. The monoisotopic (exact) mass is 640 g/mol. The molecule has 2 fully saturated rings. The van der Waals surface area contributed by atoms with Crippen LogP contribution in [0.15, 0.2) is 31.0 Å². The third-order valence-corrected chi connectivity index (χ3v) is 8.59. The Bertz CT molecular complexity index is 1610. The zero-order valence-corrected chi connectivity index (χ0v) is 25.3. The summed E-state index contributed by atoms with van der Waals surface area (Å²) >= 11 is 0. The lowest BCUT2D eigenvalue weighted by Crippen LogP contribution is -2.61. The summed E-state index contributed by atoms with van der Waals surface area (Å²) in [5.74, 6) is -1.21. The molecule has 4 N–H and O–H groups in total. The van der Waals surface area contributed by atoms with E-state index in [1.54, 1.807) is 18.5 Å². The van der Waals surface area contributed by atoms with Gasteiger partial charge in [0.15, 0.2) is 11.8 Å². The van der Waals surface area contributed by atoms with Crippen molar-refractivity contribution >= 4 is 29.1 Å². The number of likely N-dealkylation sites (N-methyl/N-ethyl adjacent to an activating group) is 2. The number of carbonyl (C=O) groups excluding carboxylic acids is 2. The highest BCUT2D eigenvalue weighted by Crippen LogP contribution is 2.37. The Morgan fingerprint density at radius 1 is 1.11 bits per heavy atom. The van der Waals surface area contributed by atoms with Crippen LogP contribution in [0.5, 0.6) is 0 Å². The number of aliphatic hydroxyl groups is 3. The average molecular weight is 641 g/mol. The number of carboxylic acid groups (broad SMARTS) is 1. The second kappa shape index (κ2) is 13.8. The van der Waals surface area contributed by atoms with Crippen molar-refractivity contribution in [3.63, 3.8) is 0 Å². The highest BCUT2D eigenvalue weighted by atomic mass is 16.7. The van der Waals surface area contributed by atoms with Crippen molar-refractivity contribution in [2.45, 2.75) is 68.9 Å². The summed E-state index contributed by atoms with van der Waals surface area (Å²) in [5, 5.41) is 53.6. The van der Waals surface area contributed by atoms with E-state index in [0.717, 1.165) is 36.1 Å².